The van der Waals surface area contributed by atoms with E-state index in [-0.39, 0.29) is 16.8 Å². The van der Waals surface area contributed by atoms with Gasteiger partial charge in [0.2, 0.25) is 10.0 Å². The first-order chi connectivity index (χ1) is 15.3. The highest BCUT2D eigenvalue weighted by atomic mass is 35.5. The van der Waals surface area contributed by atoms with Crippen molar-refractivity contribution in [2.24, 2.45) is 5.92 Å². The van der Waals surface area contributed by atoms with Crippen molar-refractivity contribution in [1.82, 2.24) is 9.62 Å². The Hall–Kier alpha value is -2.13. The molecule has 1 aliphatic carbocycles. The molecule has 0 aromatic heterocycles. The number of nitrogens with one attached hydrogen (secondary N) is 1. The number of carbonyl (C=O) groups excluding carboxylic acids is 1. The Morgan fingerprint density at radius 3 is 2.38 bits per heavy atom. The van der Waals surface area contributed by atoms with Gasteiger partial charge in [0.05, 0.1) is 29.7 Å². The molecule has 1 saturated heterocycles. The summed E-state index contributed by atoms with van der Waals surface area (Å²) in [7, 11) is -0.713. The summed E-state index contributed by atoms with van der Waals surface area (Å²) in [4.78, 5) is 15.7. The first-order valence-corrected chi connectivity index (χ1v) is 12.5. The Morgan fingerprint density at radius 1 is 1.12 bits per heavy atom. The van der Waals surface area contributed by atoms with Crippen LogP contribution >= 0.6 is 11.6 Å². The van der Waals surface area contributed by atoms with Crippen LogP contribution in [0.3, 0.4) is 0 Å². The fraction of sp³-hybridized carbons (Fsp3) is 0.435. The van der Waals surface area contributed by atoms with E-state index in [0.717, 1.165) is 22.7 Å². The molecule has 2 fully saturated rings. The van der Waals surface area contributed by atoms with Crippen LogP contribution in [0.2, 0.25) is 5.02 Å². The summed E-state index contributed by atoms with van der Waals surface area (Å²) in [6.07, 6.45) is 2.08. The van der Waals surface area contributed by atoms with Crippen LogP contribution in [-0.4, -0.2) is 59.0 Å². The molecule has 1 amide bonds. The van der Waals surface area contributed by atoms with E-state index in [1.54, 1.807) is 12.1 Å². The lowest BCUT2D eigenvalue weighted by Crippen LogP contribution is -2.38. The second-order valence-corrected chi connectivity index (χ2v) is 11.0. The number of halogens is 1. The largest absolute Gasteiger partial charge is 0.378 e. The van der Waals surface area contributed by atoms with Crippen molar-refractivity contribution in [3.8, 4) is 0 Å². The van der Waals surface area contributed by atoms with Gasteiger partial charge in [0, 0.05) is 37.9 Å². The molecule has 7 nitrogen and oxygen atoms in total. The topological polar surface area (TPSA) is 79.0 Å². The molecular weight excluding hydrogens is 450 g/mol. The maximum Gasteiger partial charge on any atom is 0.253 e. The predicted molar refractivity (Wildman–Crippen MR) is 125 cm³/mol. The van der Waals surface area contributed by atoms with E-state index in [4.69, 9.17) is 16.3 Å². The van der Waals surface area contributed by atoms with Crippen LogP contribution in [0.4, 0.5) is 5.69 Å². The minimum absolute atomic E-state index is 0.0964. The number of sulfonamides is 1. The highest BCUT2D eigenvalue weighted by molar-refractivity contribution is 7.89. The number of anilines is 1. The average Bonchev–Trinajstić information content (AvgIpc) is 3.63. The van der Waals surface area contributed by atoms with Crippen LogP contribution < -0.4 is 10.2 Å². The lowest BCUT2D eigenvalue weighted by molar-refractivity contribution is 0.0930. The van der Waals surface area contributed by atoms with E-state index in [9.17, 15) is 13.2 Å². The zero-order valence-electron chi connectivity index (χ0n) is 18.3. The smallest absolute Gasteiger partial charge is 0.253 e. The lowest BCUT2D eigenvalue weighted by atomic mass is 10.0. The molecule has 1 atom stereocenters. The second kappa shape index (κ2) is 9.39. The fourth-order valence-electron chi connectivity index (χ4n) is 3.94. The number of ether oxygens (including phenoxy) is 1. The normalized spacial score (nSPS) is 17.9. The van der Waals surface area contributed by atoms with E-state index >= 15 is 0 Å². The number of morpholine rings is 1. The van der Waals surface area contributed by atoms with Crippen molar-refractivity contribution in [1.29, 1.82) is 0 Å². The molecular formula is C23H28ClN3O4S. The summed E-state index contributed by atoms with van der Waals surface area (Å²) >= 11 is 6.04. The monoisotopic (exact) mass is 477 g/mol. The lowest BCUT2D eigenvalue weighted by Gasteiger charge is -2.31. The number of carbonyl (C=O) groups is 1. The molecule has 2 aliphatic rings. The van der Waals surface area contributed by atoms with Gasteiger partial charge in [0.25, 0.3) is 5.91 Å². The van der Waals surface area contributed by atoms with Crippen LogP contribution in [-0.2, 0) is 14.8 Å². The highest BCUT2D eigenvalue weighted by Gasteiger charge is 2.34. The van der Waals surface area contributed by atoms with Gasteiger partial charge < -0.3 is 15.0 Å². The third-order valence-electron chi connectivity index (χ3n) is 5.95. The zero-order valence-corrected chi connectivity index (χ0v) is 19.8. The predicted octanol–water partition coefficient (Wildman–Crippen LogP) is 3.31. The fourth-order valence-corrected chi connectivity index (χ4v) is 4.99. The minimum atomic E-state index is -3.67. The molecule has 2 aromatic carbocycles. The second-order valence-electron chi connectivity index (χ2n) is 8.41. The van der Waals surface area contributed by atoms with Crippen LogP contribution in [0, 0.1) is 5.92 Å². The van der Waals surface area contributed by atoms with Crippen LogP contribution in [0.1, 0.15) is 34.8 Å². The van der Waals surface area contributed by atoms with Crippen molar-refractivity contribution < 1.29 is 17.9 Å². The van der Waals surface area contributed by atoms with E-state index in [0.29, 0.717) is 48.5 Å². The Bertz CT molecular complexity index is 1080. The zero-order chi connectivity index (χ0) is 22.9. The number of amides is 1. The molecule has 0 spiro atoms. The molecule has 4 rings (SSSR count). The third kappa shape index (κ3) is 4.93. The maximum absolute atomic E-state index is 13.5. The molecule has 9 heteroatoms. The molecule has 0 radical (unpaired) electrons. The Morgan fingerprint density at radius 2 is 1.78 bits per heavy atom. The van der Waals surface area contributed by atoms with Gasteiger partial charge in [-0.05, 0) is 54.7 Å². The molecule has 2 aromatic rings. The van der Waals surface area contributed by atoms with Gasteiger partial charge in [-0.15, -0.1) is 0 Å². The highest BCUT2D eigenvalue weighted by Crippen LogP contribution is 2.41. The quantitative estimate of drug-likeness (QED) is 0.661. The Balaban J connectivity index is 1.70. The molecule has 1 aliphatic heterocycles. The van der Waals surface area contributed by atoms with Gasteiger partial charge in [-0.2, -0.15) is 0 Å². The van der Waals surface area contributed by atoms with Gasteiger partial charge in [0.1, 0.15) is 0 Å². The SMILES string of the molecule is CN(C)S(=O)(=O)c1ccc(N2CCOCC2)c(C(=O)NC(c2ccc(Cl)cc2)C2CC2)c1. The molecule has 1 unspecified atom stereocenters. The summed E-state index contributed by atoms with van der Waals surface area (Å²) < 4.78 is 32.1. The van der Waals surface area contributed by atoms with Crippen LogP contribution in [0.25, 0.3) is 0 Å². The Labute approximate surface area is 194 Å². The van der Waals surface area contributed by atoms with E-state index < -0.39 is 10.0 Å². The average molecular weight is 478 g/mol. The van der Waals surface area contributed by atoms with E-state index in [1.165, 1.54) is 20.2 Å². The Kier molecular flexibility index (Phi) is 6.76. The van der Waals surface area contributed by atoms with Crippen molar-refractivity contribution in [2.75, 3.05) is 45.3 Å². The van der Waals surface area contributed by atoms with Gasteiger partial charge in [-0.25, -0.2) is 12.7 Å². The maximum atomic E-state index is 13.5. The molecule has 32 heavy (non-hydrogen) atoms. The summed E-state index contributed by atoms with van der Waals surface area (Å²) in [5.41, 5.74) is 2.07. The van der Waals surface area contributed by atoms with Gasteiger partial charge >= 0.3 is 0 Å². The summed E-state index contributed by atoms with van der Waals surface area (Å²) in [6, 6.07) is 12.1. The molecule has 1 saturated carbocycles. The molecule has 1 N–H and O–H groups in total. The van der Waals surface area contributed by atoms with Gasteiger partial charge in [0.15, 0.2) is 0 Å². The van der Waals surface area contributed by atoms with Crippen molar-refractivity contribution in [3.05, 3.63) is 58.6 Å². The van der Waals surface area contributed by atoms with E-state index in [1.807, 2.05) is 24.3 Å². The minimum Gasteiger partial charge on any atom is -0.378 e. The number of hydrogen-bond donors (Lipinski definition) is 1. The van der Waals surface area contributed by atoms with Crippen molar-refractivity contribution >= 4 is 33.2 Å². The van der Waals surface area contributed by atoms with Crippen LogP contribution in [0.15, 0.2) is 47.4 Å². The van der Waals surface area contributed by atoms with Crippen molar-refractivity contribution in [3.63, 3.8) is 0 Å². The third-order valence-corrected chi connectivity index (χ3v) is 8.02. The number of rotatable bonds is 7. The molecule has 1 heterocycles. The first-order valence-electron chi connectivity index (χ1n) is 10.7. The standard InChI is InChI=1S/C23H28ClN3O4S/c1-26(2)32(29,30)19-9-10-21(27-11-13-31-14-12-27)20(15-19)23(28)25-22(16-3-4-16)17-5-7-18(24)8-6-17/h5-10,15-16,22H,3-4,11-14H2,1-2H3,(H,25,28). The van der Waals surface area contributed by atoms with Crippen LogP contribution in [0.5, 0.6) is 0 Å². The molecule has 0 bridgehead atoms. The van der Waals surface area contributed by atoms with E-state index in [2.05, 4.69) is 10.2 Å². The van der Waals surface area contributed by atoms with Gasteiger partial charge in [-0.1, -0.05) is 23.7 Å². The van der Waals surface area contributed by atoms with Crippen molar-refractivity contribution in [2.45, 2.75) is 23.8 Å². The summed E-state index contributed by atoms with van der Waals surface area (Å²) in [5, 5.41) is 3.81. The molecule has 172 valence electrons. The number of hydrogen-bond acceptors (Lipinski definition) is 5. The number of benzene rings is 2. The van der Waals surface area contributed by atoms with Gasteiger partial charge in [-0.3, -0.25) is 4.79 Å². The summed E-state index contributed by atoms with van der Waals surface area (Å²) in [6.45, 7) is 2.41. The first kappa shape index (κ1) is 23.0. The summed E-state index contributed by atoms with van der Waals surface area (Å²) in [5.74, 6) is 0.0785. The number of nitrogens with zero attached hydrogens (tertiary/aromatic N) is 2.